The van der Waals surface area contributed by atoms with E-state index in [0.717, 1.165) is 0 Å². The van der Waals surface area contributed by atoms with Gasteiger partial charge in [0.2, 0.25) is 0 Å². The zero-order chi connectivity index (χ0) is 29.9. The minimum atomic E-state index is -5.42. The first-order valence-corrected chi connectivity index (χ1v) is 13.7. The summed E-state index contributed by atoms with van der Waals surface area (Å²) in [6, 6.07) is 20.4. The highest BCUT2D eigenvalue weighted by Crippen LogP contribution is 2.44. The zero-order valence-electron chi connectivity index (χ0n) is 22.4. The van der Waals surface area contributed by atoms with Gasteiger partial charge in [-0.25, -0.2) is 14.4 Å². The Labute approximate surface area is 245 Å². The largest absolute Gasteiger partial charge is 0.497 e. The van der Waals surface area contributed by atoms with Crippen LogP contribution in [0.4, 0.5) is 18.9 Å². The highest BCUT2D eigenvalue weighted by molar-refractivity contribution is 6.30. The van der Waals surface area contributed by atoms with Gasteiger partial charge >= 0.3 is 18.1 Å². The fraction of sp³-hybridized carbons (Fsp3) is 0.300. The fourth-order valence-corrected chi connectivity index (χ4v) is 5.37. The summed E-state index contributed by atoms with van der Waals surface area (Å²) in [5.41, 5.74) is 0.832. The summed E-state index contributed by atoms with van der Waals surface area (Å²) in [7, 11) is 0. The van der Waals surface area contributed by atoms with E-state index >= 15 is 0 Å². The molecule has 1 saturated heterocycles. The number of fused-ring (bicyclic) bond motifs is 1. The third-order valence-corrected chi connectivity index (χ3v) is 7.52. The first-order valence-electron chi connectivity index (χ1n) is 13.4. The molecule has 1 N–H and O–H groups in total. The van der Waals surface area contributed by atoms with E-state index in [1.165, 1.54) is 41.3 Å². The van der Waals surface area contributed by atoms with Crippen LogP contribution in [0, 0.1) is 0 Å². The molecule has 12 heteroatoms. The maximum atomic E-state index is 14.4. The Morgan fingerprint density at radius 3 is 2.24 bits per heavy atom. The normalized spacial score (nSPS) is 20.4. The quantitative estimate of drug-likeness (QED) is 0.385. The maximum absolute atomic E-state index is 14.4. The van der Waals surface area contributed by atoms with Gasteiger partial charge in [0.1, 0.15) is 6.54 Å². The van der Waals surface area contributed by atoms with E-state index in [9.17, 15) is 27.6 Å². The number of ether oxygens (including phenoxy) is 1. The Morgan fingerprint density at radius 1 is 0.929 bits per heavy atom. The number of nitrogens with one attached hydrogen (secondary N) is 1. The van der Waals surface area contributed by atoms with Gasteiger partial charge in [-0.15, -0.1) is 0 Å². The number of hydrogen-bond donors (Lipinski definition) is 1. The number of amides is 2. The summed E-state index contributed by atoms with van der Waals surface area (Å²) >= 11 is 5.97. The first-order chi connectivity index (χ1) is 20.1. The third kappa shape index (κ3) is 6.05. The summed E-state index contributed by atoms with van der Waals surface area (Å²) in [5, 5.41) is 3.60. The number of quaternary nitrogens is 1. The van der Waals surface area contributed by atoms with Crippen molar-refractivity contribution in [3.63, 3.8) is 0 Å². The maximum Gasteiger partial charge on any atom is 0.497 e. The Bertz CT molecular complexity index is 1450. The molecule has 2 atom stereocenters. The van der Waals surface area contributed by atoms with Crippen LogP contribution in [0.15, 0.2) is 78.9 Å². The molecule has 2 unspecified atom stereocenters. The van der Waals surface area contributed by atoms with Crippen LogP contribution in [-0.2, 0) is 25.7 Å². The number of hydroxylamine groups is 2. The van der Waals surface area contributed by atoms with E-state index in [4.69, 9.17) is 21.2 Å². The van der Waals surface area contributed by atoms with Gasteiger partial charge in [-0.3, -0.25) is 4.79 Å². The van der Waals surface area contributed by atoms with Gasteiger partial charge in [-0.1, -0.05) is 60.1 Å². The summed E-state index contributed by atoms with van der Waals surface area (Å²) in [6.45, 7) is 0.396. The number of nitrogens with zero attached hydrogens (tertiary/aromatic N) is 2. The Hall–Kier alpha value is -3.77. The molecule has 0 saturated carbocycles. The van der Waals surface area contributed by atoms with Gasteiger partial charge in [-0.2, -0.15) is 13.2 Å². The van der Waals surface area contributed by atoms with E-state index in [2.05, 4.69) is 5.32 Å². The van der Waals surface area contributed by atoms with Crippen LogP contribution < -0.4 is 9.96 Å². The standard InChI is InChI=1S/C30H28ClF3N3O5/c31-23-12-10-20(11-13-23)27(39)36-18-22-8-4-5-9-25(22)37(26(38)19-36,42-29(40)30(32,33)34)28(21-6-2-1-3-7-21)41-24-14-16-35-17-15-24/h1-13,24,28,35H,14-19H2/q+1. The van der Waals surface area contributed by atoms with Crippen molar-refractivity contribution in [2.24, 2.45) is 0 Å². The van der Waals surface area contributed by atoms with E-state index < -0.39 is 47.5 Å². The number of benzene rings is 3. The predicted molar refractivity (Wildman–Crippen MR) is 148 cm³/mol. The zero-order valence-corrected chi connectivity index (χ0v) is 23.1. The first kappa shape index (κ1) is 29.7. The molecule has 0 aromatic heterocycles. The molecule has 8 nitrogen and oxygen atoms in total. The predicted octanol–water partition coefficient (Wildman–Crippen LogP) is 5.32. The van der Waals surface area contributed by atoms with Crippen molar-refractivity contribution in [1.29, 1.82) is 0 Å². The molecule has 5 rings (SSSR count). The monoisotopic (exact) mass is 602 g/mol. The van der Waals surface area contributed by atoms with Crippen LogP contribution in [0.3, 0.4) is 0 Å². The van der Waals surface area contributed by atoms with Crippen molar-refractivity contribution >= 4 is 35.1 Å². The second kappa shape index (κ2) is 12.2. The van der Waals surface area contributed by atoms with Crippen LogP contribution in [0.25, 0.3) is 0 Å². The lowest BCUT2D eigenvalue weighted by atomic mass is 10.1. The van der Waals surface area contributed by atoms with Gasteiger partial charge in [0.05, 0.1) is 12.6 Å². The minimum Gasteiger partial charge on any atom is -0.320 e. The van der Waals surface area contributed by atoms with Crippen molar-refractivity contribution in [2.45, 2.75) is 37.9 Å². The molecule has 3 aromatic carbocycles. The minimum absolute atomic E-state index is 0.0331. The number of piperidine rings is 1. The Balaban J connectivity index is 1.69. The van der Waals surface area contributed by atoms with Gasteiger partial charge < -0.3 is 15.0 Å². The highest BCUT2D eigenvalue weighted by Gasteiger charge is 2.60. The molecule has 2 aliphatic heterocycles. The molecule has 42 heavy (non-hydrogen) atoms. The van der Waals surface area contributed by atoms with E-state index in [1.807, 2.05) is 0 Å². The number of carbonyl (C=O) groups is 3. The summed E-state index contributed by atoms with van der Waals surface area (Å²) in [6.07, 6.45) is -6.33. The van der Waals surface area contributed by atoms with Crippen molar-refractivity contribution in [1.82, 2.24) is 14.9 Å². The second-order valence-corrected chi connectivity index (χ2v) is 10.5. The molecule has 0 aliphatic carbocycles. The van der Waals surface area contributed by atoms with Gasteiger partial charge in [-0.05, 0) is 54.8 Å². The van der Waals surface area contributed by atoms with Crippen molar-refractivity contribution < 1.29 is 37.1 Å². The van der Waals surface area contributed by atoms with Gasteiger partial charge in [0.25, 0.3) is 12.1 Å². The number of hydrogen-bond acceptors (Lipinski definition) is 6. The van der Waals surface area contributed by atoms with Crippen LogP contribution in [0.2, 0.25) is 5.02 Å². The van der Waals surface area contributed by atoms with Gasteiger partial charge in [0.15, 0.2) is 5.69 Å². The molecule has 2 aliphatic rings. The van der Waals surface area contributed by atoms with E-state index in [1.54, 1.807) is 42.5 Å². The summed E-state index contributed by atoms with van der Waals surface area (Å²) in [4.78, 5) is 47.1. The van der Waals surface area contributed by atoms with Crippen molar-refractivity contribution in [3.05, 3.63) is 101 Å². The molecular formula is C30H28ClF3N3O5+. The topological polar surface area (TPSA) is 84.9 Å². The molecule has 2 amide bonds. The van der Waals surface area contributed by atoms with Crippen LogP contribution in [-0.4, -0.2) is 54.6 Å². The SMILES string of the molecule is O=C(c1ccc(Cl)cc1)N1CC(=O)[N+](OC(=O)C(F)(F)F)(C(OC2CCNCC2)c2ccccc2)c2ccccc2C1. The lowest BCUT2D eigenvalue weighted by Gasteiger charge is -2.39. The molecule has 1 fully saturated rings. The molecule has 0 radical (unpaired) electrons. The molecule has 0 spiro atoms. The summed E-state index contributed by atoms with van der Waals surface area (Å²) in [5.74, 6) is -4.09. The van der Waals surface area contributed by atoms with Gasteiger partial charge in [0, 0.05) is 27.8 Å². The fourth-order valence-electron chi connectivity index (χ4n) is 5.24. The van der Waals surface area contributed by atoms with E-state index in [0.29, 0.717) is 42.1 Å². The number of carbonyl (C=O) groups excluding carboxylic acids is 3. The average Bonchev–Trinajstić information content (AvgIpc) is 3.11. The molecule has 220 valence electrons. The summed E-state index contributed by atoms with van der Waals surface area (Å²) < 4.78 is 46.4. The number of alkyl halides is 3. The van der Waals surface area contributed by atoms with Crippen molar-refractivity contribution in [3.8, 4) is 0 Å². The van der Waals surface area contributed by atoms with Crippen LogP contribution in [0.1, 0.15) is 40.6 Å². The smallest absolute Gasteiger partial charge is 0.320 e. The second-order valence-electron chi connectivity index (χ2n) is 10.1. The Kier molecular flexibility index (Phi) is 8.65. The highest BCUT2D eigenvalue weighted by atomic mass is 35.5. The Morgan fingerprint density at radius 2 is 1.57 bits per heavy atom. The number of para-hydroxylation sites is 1. The van der Waals surface area contributed by atoms with Crippen molar-refractivity contribution in [2.75, 3.05) is 19.6 Å². The molecule has 2 heterocycles. The van der Waals surface area contributed by atoms with E-state index in [-0.39, 0.29) is 17.8 Å². The van der Waals surface area contributed by atoms with Crippen LogP contribution in [0.5, 0.6) is 0 Å². The lowest BCUT2D eigenvalue weighted by molar-refractivity contribution is -0.268. The van der Waals surface area contributed by atoms with Crippen LogP contribution >= 0.6 is 11.6 Å². The molecule has 3 aromatic rings. The number of rotatable bonds is 6. The molecule has 0 bridgehead atoms. The average molecular weight is 603 g/mol. The third-order valence-electron chi connectivity index (χ3n) is 7.27. The lowest BCUT2D eigenvalue weighted by Crippen LogP contribution is -2.62. The number of halogens is 4. The molecular weight excluding hydrogens is 575 g/mol.